The summed E-state index contributed by atoms with van der Waals surface area (Å²) in [5, 5.41) is 2.08. The third-order valence-corrected chi connectivity index (χ3v) is 13.0. The van der Waals surface area contributed by atoms with Crippen molar-refractivity contribution in [3.63, 3.8) is 0 Å². The molecule has 0 bridgehead atoms. The summed E-state index contributed by atoms with van der Waals surface area (Å²) < 4.78 is 14.7. The molecule has 0 fully saturated rings. The van der Waals surface area contributed by atoms with Crippen LogP contribution in [0.25, 0.3) is 94.9 Å². The Balaban J connectivity index is 0.000000187. The molecule has 0 aliphatic heterocycles. The van der Waals surface area contributed by atoms with Crippen molar-refractivity contribution in [2.75, 3.05) is 0 Å². The van der Waals surface area contributed by atoms with Gasteiger partial charge in [0.05, 0.1) is 34.7 Å². The van der Waals surface area contributed by atoms with E-state index in [9.17, 15) is 0 Å². The summed E-state index contributed by atoms with van der Waals surface area (Å²) in [6.07, 6.45) is 11.0. The third-order valence-electron chi connectivity index (χ3n) is 13.0. The Kier molecular flexibility index (Phi) is 12.5. The second-order valence-electron chi connectivity index (χ2n) is 19.5. The van der Waals surface area contributed by atoms with Gasteiger partial charge in [0.25, 0.3) is 0 Å². The van der Waals surface area contributed by atoms with E-state index in [0.717, 1.165) is 113 Å². The number of imidazole rings is 3. The normalized spacial score (nSPS) is 11.6. The van der Waals surface area contributed by atoms with Gasteiger partial charge in [-0.1, -0.05) is 103 Å². The second kappa shape index (κ2) is 19.4. The molecular weight excluding hydrogens is 1080 g/mol. The van der Waals surface area contributed by atoms with Gasteiger partial charge in [0.2, 0.25) is 17.8 Å². The molecule has 0 unspecified atom stereocenters. The van der Waals surface area contributed by atoms with Crippen LogP contribution in [-0.2, 0) is 40.0 Å². The number of para-hydroxylation sites is 3. The molecule has 73 heavy (non-hydrogen) atoms. The first-order chi connectivity index (χ1) is 35.1. The predicted octanol–water partition coefficient (Wildman–Crippen LogP) is 13.5. The fourth-order valence-corrected chi connectivity index (χ4v) is 9.78. The van der Waals surface area contributed by atoms with E-state index < -0.39 is 0 Å². The van der Waals surface area contributed by atoms with Gasteiger partial charge in [-0.05, 0) is 102 Å². The zero-order valence-corrected chi connectivity index (χ0v) is 43.4. The number of aryl methyl sites for hydroxylation is 2. The minimum absolute atomic E-state index is 0. The maximum atomic E-state index is 6.08. The van der Waals surface area contributed by atoms with Crippen LogP contribution in [0.2, 0.25) is 0 Å². The van der Waals surface area contributed by atoms with Crippen molar-refractivity contribution in [1.29, 1.82) is 0 Å². The standard InChI is InChI=1S/C41H28N6.C22H21N2O.Ir/c1-44-28-45(32-14-4-2-5-15-32)27-34(44)24-29-21-22-38-39(25-29)47-40-35(30-12-10-13-31(26-30)36-19-8-9-23-42-36)18-11-20-37(40)43-41(47)46(38)33-16-6-3-7-17-33;1-14-8-9-17-16-6-5-7-18(20(16)25-21(17)24-14)19-12-15(10-11-23-19)13-22(2,3)4;/h2-12,14,16-23,25-27H,24H2,1H3;5-6,8-12H,13H2,1-4H3;/q-2;-1;. The van der Waals surface area contributed by atoms with Crippen molar-refractivity contribution in [3.8, 4) is 45.0 Å². The number of hydrogen-bond acceptors (Lipinski definition) is 5. The first-order valence-electron chi connectivity index (χ1n) is 24.2. The molecule has 0 aliphatic rings. The van der Waals surface area contributed by atoms with Crippen LogP contribution in [-0.4, -0.2) is 33.5 Å². The molecule has 0 N–H and O–H groups in total. The van der Waals surface area contributed by atoms with Crippen LogP contribution in [0.15, 0.2) is 187 Å². The van der Waals surface area contributed by atoms with E-state index in [1.54, 1.807) is 0 Å². The van der Waals surface area contributed by atoms with Gasteiger partial charge in [0.1, 0.15) is 0 Å². The van der Waals surface area contributed by atoms with Gasteiger partial charge in [0.15, 0.2) is 0 Å². The number of pyridine rings is 3. The molecule has 0 spiro atoms. The molecular formula is C63H49IrN8O-3. The van der Waals surface area contributed by atoms with Gasteiger partial charge >= 0.3 is 0 Å². The largest absolute Gasteiger partial charge is 0.486 e. The van der Waals surface area contributed by atoms with Crippen molar-refractivity contribution in [2.24, 2.45) is 12.5 Å². The number of aromatic nitrogens is 8. The Morgan fingerprint density at radius 3 is 2.33 bits per heavy atom. The van der Waals surface area contributed by atoms with E-state index in [1.807, 2.05) is 104 Å². The summed E-state index contributed by atoms with van der Waals surface area (Å²) in [4.78, 5) is 18.9. The minimum atomic E-state index is 0. The van der Waals surface area contributed by atoms with Crippen LogP contribution in [0.5, 0.6) is 0 Å². The fraction of sp³-hybridized carbons (Fsp3) is 0.127. The molecule has 9 nitrogen and oxygen atoms in total. The van der Waals surface area contributed by atoms with Crippen LogP contribution in [0.1, 0.15) is 43.3 Å². The Hall–Kier alpha value is -8.30. The maximum Gasteiger partial charge on any atom is 0.241 e. The Labute approximate surface area is 437 Å². The SMILES string of the molecule is C[n+]1[c-]n(-c2[c-]cccc2)cc1Cc1ccc2c(c1)n1c3c(-c4cc[c-]c(-c5ccccn5)c4)cccc3nc1n2-c1ccccc1.Cc1ccc2c(n1)oc1c(-c3cc(CC(C)(C)C)ccn3)[c-]ccc12.[Ir]. The molecule has 13 rings (SSSR count). The number of fused-ring (bicyclic) bond motifs is 8. The Bertz CT molecular complexity index is 4110. The molecule has 7 aromatic heterocycles. The molecule has 359 valence electrons. The number of rotatable bonds is 8. The number of hydrogen-bond donors (Lipinski definition) is 0. The average molecular weight is 1130 g/mol. The molecule has 0 saturated carbocycles. The summed E-state index contributed by atoms with van der Waals surface area (Å²) in [5.74, 6) is 0.878. The summed E-state index contributed by atoms with van der Waals surface area (Å²) in [6, 6.07) is 66.1. The smallest absolute Gasteiger partial charge is 0.241 e. The van der Waals surface area contributed by atoms with E-state index >= 15 is 0 Å². The van der Waals surface area contributed by atoms with E-state index in [4.69, 9.17) is 9.40 Å². The molecule has 0 aliphatic carbocycles. The maximum absolute atomic E-state index is 6.08. The Morgan fingerprint density at radius 2 is 1.51 bits per heavy atom. The van der Waals surface area contributed by atoms with Gasteiger partial charge in [-0.2, -0.15) is 30.3 Å². The quantitative estimate of drug-likeness (QED) is 0.112. The molecule has 10 heteroatoms. The molecule has 0 amide bonds. The third kappa shape index (κ3) is 9.16. The van der Waals surface area contributed by atoms with Crippen molar-refractivity contribution in [1.82, 2.24) is 33.5 Å². The van der Waals surface area contributed by atoms with Crippen molar-refractivity contribution >= 4 is 49.9 Å². The molecule has 6 aromatic carbocycles. The minimum Gasteiger partial charge on any atom is -0.486 e. The summed E-state index contributed by atoms with van der Waals surface area (Å²) in [7, 11) is 2.05. The summed E-state index contributed by atoms with van der Waals surface area (Å²) in [6.45, 7) is 8.70. The monoisotopic (exact) mass is 1130 g/mol. The molecule has 0 saturated heterocycles. The van der Waals surface area contributed by atoms with Gasteiger partial charge in [-0.3, -0.25) is 8.97 Å². The van der Waals surface area contributed by atoms with Crippen molar-refractivity contribution < 1.29 is 29.1 Å². The zero-order chi connectivity index (χ0) is 48.9. The van der Waals surface area contributed by atoms with Gasteiger partial charge in [0, 0.05) is 61.2 Å². The number of furan rings is 1. The molecule has 13 aromatic rings. The molecule has 7 heterocycles. The zero-order valence-electron chi connectivity index (χ0n) is 41.1. The van der Waals surface area contributed by atoms with E-state index in [1.165, 1.54) is 11.1 Å². The van der Waals surface area contributed by atoms with Gasteiger partial charge < -0.3 is 23.5 Å². The number of nitrogens with zero attached hydrogens (tertiary/aromatic N) is 8. The molecule has 1 radical (unpaired) electrons. The first kappa shape index (κ1) is 47.0. The first-order valence-corrected chi connectivity index (χ1v) is 24.2. The van der Waals surface area contributed by atoms with E-state index in [2.05, 4.69) is 171 Å². The summed E-state index contributed by atoms with van der Waals surface area (Å²) in [5.41, 5.74) is 18.4. The molecule has 0 atom stereocenters. The van der Waals surface area contributed by atoms with Crippen LogP contribution < -0.4 is 4.57 Å². The Morgan fingerprint density at radius 1 is 0.671 bits per heavy atom. The fourth-order valence-electron chi connectivity index (χ4n) is 9.78. The topological polar surface area (TPSA) is 82.9 Å². The summed E-state index contributed by atoms with van der Waals surface area (Å²) >= 11 is 0. The van der Waals surface area contributed by atoms with Crippen LogP contribution >= 0.6 is 0 Å². The predicted molar refractivity (Wildman–Crippen MR) is 286 cm³/mol. The van der Waals surface area contributed by atoms with Gasteiger partial charge in [-0.15, -0.1) is 48.0 Å². The second-order valence-corrected chi connectivity index (χ2v) is 19.5. The van der Waals surface area contributed by atoms with Crippen LogP contribution in [0.3, 0.4) is 0 Å². The van der Waals surface area contributed by atoms with E-state index in [0.29, 0.717) is 5.71 Å². The van der Waals surface area contributed by atoms with Crippen LogP contribution in [0.4, 0.5) is 0 Å². The van der Waals surface area contributed by atoms with E-state index in [-0.39, 0.29) is 25.5 Å². The van der Waals surface area contributed by atoms with Crippen LogP contribution in [0, 0.1) is 36.9 Å². The number of benzene rings is 6. The van der Waals surface area contributed by atoms with Crippen molar-refractivity contribution in [2.45, 2.75) is 40.5 Å². The average Bonchev–Trinajstić information content (AvgIpc) is 4.16. The van der Waals surface area contributed by atoms with Gasteiger partial charge in [-0.25, -0.2) is 9.97 Å². The van der Waals surface area contributed by atoms with Crippen molar-refractivity contribution in [3.05, 3.63) is 229 Å².